The molecule has 1 N–H and O–H groups in total. The first-order chi connectivity index (χ1) is 16.6. The molecule has 0 aliphatic carbocycles. The molecular formula is C22H19FN6O3S2. The molecule has 1 aliphatic heterocycles. The highest BCUT2D eigenvalue weighted by atomic mass is 32.2. The van der Waals surface area contributed by atoms with Crippen LogP contribution in [0.25, 0.3) is 0 Å². The fourth-order valence-corrected chi connectivity index (χ4v) is 4.93. The number of nitrogens with zero attached hydrogens (tertiary/aromatic N) is 5. The second-order valence-corrected chi connectivity index (χ2v) is 9.37. The lowest BCUT2D eigenvalue weighted by Crippen LogP contribution is -2.24. The van der Waals surface area contributed by atoms with Crippen molar-refractivity contribution in [3.05, 3.63) is 75.8 Å². The van der Waals surface area contributed by atoms with Gasteiger partial charge in [0.05, 0.1) is 5.75 Å². The maximum atomic E-state index is 13.0. The van der Waals surface area contributed by atoms with Gasteiger partial charge in [0.1, 0.15) is 17.4 Å². The smallest absolute Gasteiger partial charge is 0.282 e. The van der Waals surface area contributed by atoms with Gasteiger partial charge in [-0.25, -0.2) is 4.39 Å². The summed E-state index contributed by atoms with van der Waals surface area (Å²) in [5.74, 6) is 1.89. The number of rotatable bonds is 7. The molecular weight excluding hydrogens is 479 g/mol. The molecule has 12 heteroatoms. The second-order valence-electron chi connectivity index (χ2n) is 7.36. The summed E-state index contributed by atoms with van der Waals surface area (Å²) >= 11 is 2.65. The third-order valence-corrected chi connectivity index (χ3v) is 7.15. The van der Waals surface area contributed by atoms with Gasteiger partial charge in [-0.15, -0.1) is 20.4 Å². The van der Waals surface area contributed by atoms with E-state index in [1.54, 1.807) is 12.1 Å². The number of thioether (sulfide) groups is 1. The summed E-state index contributed by atoms with van der Waals surface area (Å²) in [7, 11) is 1.87. The summed E-state index contributed by atoms with van der Waals surface area (Å²) in [5, 5.41) is 21.0. The molecule has 0 fully saturated rings. The average Bonchev–Trinajstić information content (AvgIpc) is 3.48. The Morgan fingerprint density at radius 1 is 1.15 bits per heavy atom. The van der Waals surface area contributed by atoms with E-state index in [0.29, 0.717) is 39.8 Å². The van der Waals surface area contributed by atoms with Crippen molar-refractivity contribution in [2.75, 3.05) is 6.61 Å². The number of amides is 1. The zero-order valence-electron chi connectivity index (χ0n) is 18.0. The Bertz CT molecular complexity index is 1310. The minimum Gasteiger partial charge on any atom is -0.485 e. The maximum Gasteiger partial charge on any atom is 0.282 e. The van der Waals surface area contributed by atoms with E-state index in [-0.39, 0.29) is 29.4 Å². The summed E-state index contributed by atoms with van der Waals surface area (Å²) in [6, 6.07) is 13.5. The molecule has 1 unspecified atom stereocenters. The van der Waals surface area contributed by atoms with Gasteiger partial charge in [0.2, 0.25) is 5.01 Å². The lowest BCUT2D eigenvalue weighted by Gasteiger charge is -2.25. The fourth-order valence-electron chi connectivity index (χ4n) is 3.27. The van der Waals surface area contributed by atoms with Gasteiger partial charge in [0.15, 0.2) is 28.6 Å². The van der Waals surface area contributed by atoms with Gasteiger partial charge >= 0.3 is 0 Å². The molecule has 2 aromatic heterocycles. The van der Waals surface area contributed by atoms with Crippen LogP contribution in [0.2, 0.25) is 0 Å². The lowest BCUT2D eigenvalue weighted by molar-refractivity contribution is 0.0825. The Labute approximate surface area is 202 Å². The fraction of sp³-hybridized carbons (Fsp3) is 0.227. The van der Waals surface area contributed by atoms with Crippen molar-refractivity contribution in [2.45, 2.75) is 23.6 Å². The Morgan fingerprint density at radius 3 is 2.76 bits per heavy atom. The molecule has 34 heavy (non-hydrogen) atoms. The van der Waals surface area contributed by atoms with Crippen molar-refractivity contribution in [3.63, 3.8) is 0 Å². The van der Waals surface area contributed by atoms with Crippen molar-refractivity contribution in [3.8, 4) is 11.5 Å². The van der Waals surface area contributed by atoms with Crippen molar-refractivity contribution in [1.82, 2.24) is 30.3 Å². The highest BCUT2D eigenvalue weighted by molar-refractivity contribution is 7.98. The first kappa shape index (κ1) is 22.3. The Balaban J connectivity index is 1.17. The van der Waals surface area contributed by atoms with Gasteiger partial charge in [-0.3, -0.25) is 4.79 Å². The number of halogens is 1. The van der Waals surface area contributed by atoms with E-state index < -0.39 is 0 Å². The molecule has 4 aromatic rings. The summed E-state index contributed by atoms with van der Waals surface area (Å²) in [4.78, 5) is 12.4. The van der Waals surface area contributed by atoms with Gasteiger partial charge in [-0.05, 0) is 29.8 Å². The van der Waals surface area contributed by atoms with Gasteiger partial charge in [0.25, 0.3) is 5.91 Å². The third kappa shape index (κ3) is 4.87. The van der Waals surface area contributed by atoms with Crippen molar-refractivity contribution in [2.24, 2.45) is 7.05 Å². The van der Waals surface area contributed by atoms with E-state index in [1.807, 2.05) is 35.9 Å². The Kier molecular flexibility index (Phi) is 6.41. The van der Waals surface area contributed by atoms with Gasteiger partial charge in [-0.2, -0.15) is 0 Å². The number of carbonyl (C=O) groups excluding carboxylic acids is 1. The monoisotopic (exact) mass is 498 g/mol. The average molecular weight is 499 g/mol. The van der Waals surface area contributed by atoms with Crippen LogP contribution in [0.3, 0.4) is 0 Å². The van der Waals surface area contributed by atoms with Gasteiger partial charge in [0, 0.05) is 13.6 Å². The molecule has 5 rings (SSSR count). The molecule has 0 bridgehead atoms. The highest BCUT2D eigenvalue weighted by Crippen LogP contribution is 2.36. The van der Waals surface area contributed by atoms with E-state index in [2.05, 4.69) is 25.7 Å². The Hall–Kier alpha value is -3.51. The van der Waals surface area contributed by atoms with E-state index in [9.17, 15) is 9.18 Å². The van der Waals surface area contributed by atoms with Crippen LogP contribution in [0.15, 0.2) is 53.7 Å². The predicted octanol–water partition coefficient (Wildman–Crippen LogP) is 3.54. The van der Waals surface area contributed by atoms with E-state index in [4.69, 9.17) is 9.47 Å². The topological polar surface area (TPSA) is 104 Å². The highest BCUT2D eigenvalue weighted by Gasteiger charge is 2.27. The summed E-state index contributed by atoms with van der Waals surface area (Å²) in [6.45, 7) is 0.627. The molecule has 0 saturated carbocycles. The summed E-state index contributed by atoms with van der Waals surface area (Å²) < 4.78 is 26.7. The molecule has 174 valence electrons. The third-order valence-electron chi connectivity index (χ3n) is 5.02. The minimum absolute atomic E-state index is 0.266. The molecule has 9 nitrogen and oxygen atoms in total. The van der Waals surface area contributed by atoms with Crippen LogP contribution >= 0.6 is 23.1 Å². The molecule has 1 aliphatic rings. The molecule has 0 spiro atoms. The van der Waals surface area contributed by atoms with Crippen molar-refractivity contribution < 1.29 is 18.7 Å². The van der Waals surface area contributed by atoms with Crippen LogP contribution in [0, 0.1) is 5.82 Å². The molecule has 0 saturated heterocycles. The van der Waals surface area contributed by atoms with Crippen LogP contribution in [0.1, 0.15) is 32.3 Å². The van der Waals surface area contributed by atoms with Crippen molar-refractivity contribution in [1.29, 1.82) is 0 Å². The molecule has 3 heterocycles. The minimum atomic E-state index is -0.361. The first-order valence-corrected chi connectivity index (χ1v) is 12.1. The summed E-state index contributed by atoms with van der Waals surface area (Å²) in [5.41, 5.74) is 0.795. The zero-order chi connectivity index (χ0) is 23.5. The van der Waals surface area contributed by atoms with E-state index in [0.717, 1.165) is 5.56 Å². The largest absolute Gasteiger partial charge is 0.485 e. The van der Waals surface area contributed by atoms with Crippen LogP contribution < -0.4 is 14.8 Å². The number of benzene rings is 2. The number of hydrogen-bond acceptors (Lipinski definition) is 9. The summed E-state index contributed by atoms with van der Waals surface area (Å²) in [6.07, 6.45) is -0.361. The normalized spacial score (nSPS) is 14.7. The van der Waals surface area contributed by atoms with Gasteiger partial charge < -0.3 is 19.4 Å². The second kappa shape index (κ2) is 9.77. The maximum absolute atomic E-state index is 13.0. The lowest BCUT2D eigenvalue weighted by atomic mass is 10.2. The van der Waals surface area contributed by atoms with Crippen LogP contribution in [0.5, 0.6) is 11.5 Å². The van der Waals surface area contributed by atoms with E-state index in [1.165, 1.54) is 35.2 Å². The quantitative estimate of drug-likeness (QED) is 0.386. The standard InChI is InChI=1S/C22H19FN6O3S2/c1-29-19(17-11-31-15-4-2-3-5-16(15)32-17)26-28-22(29)33-12-18-25-27-21(34-18)20(30)24-10-13-6-8-14(23)9-7-13/h2-9,17H,10-12H2,1H3,(H,24,30). The first-order valence-electron chi connectivity index (χ1n) is 10.3. The predicted molar refractivity (Wildman–Crippen MR) is 123 cm³/mol. The van der Waals surface area contributed by atoms with Crippen LogP contribution in [0.4, 0.5) is 4.39 Å². The number of ether oxygens (including phenoxy) is 2. The molecule has 1 amide bonds. The number of nitrogens with one attached hydrogen (secondary N) is 1. The van der Waals surface area contributed by atoms with Crippen molar-refractivity contribution >= 4 is 29.0 Å². The number of carbonyl (C=O) groups is 1. The Morgan fingerprint density at radius 2 is 1.94 bits per heavy atom. The van der Waals surface area contributed by atoms with Crippen LogP contribution in [-0.4, -0.2) is 37.5 Å². The van der Waals surface area contributed by atoms with Crippen LogP contribution in [-0.2, 0) is 19.3 Å². The number of hydrogen-bond donors (Lipinski definition) is 1. The number of para-hydroxylation sites is 2. The zero-order valence-corrected chi connectivity index (χ0v) is 19.6. The number of aromatic nitrogens is 5. The number of fused-ring (bicyclic) bond motifs is 1. The SMILES string of the molecule is Cn1c(SCc2nnc(C(=O)NCc3ccc(F)cc3)s2)nnc1C1COc2ccccc2O1. The molecule has 2 aromatic carbocycles. The van der Waals surface area contributed by atoms with E-state index >= 15 is 0 Å². The van der Waals surface area contributed by atoms with Gasteiger partial charge in [-0.1, -0.05) is 47.4 Å². The molecule has 0 radical (unpaired) electrons. The molecule has 1 atom stereocenters.